The number of methoxy groups -OCH3 is 2. The smallest absolute Gasteiger partial charge is 0.262 e. The number of amides is 1. The van der Waals surface area contributed by atoms with Crippen LogP contribution in [0.2, 0.25) is 10.0 Å². The van der Waals surface area contributed by atoms with Crippen LogP contribution in [0.3, 0.4) is 0 Å². The molecule has 2 aromatic carbocycles. The number of anilines is 1. The second-order valence-electron chi connectivity index (χ2n) is 4.48. The molecule has 0 radical (unpaired) electrons. The van der Waals surface area contributed by atoms with Gasteiger partial charge in [0.2, 0.25) is 0 Å². The van der Waals surface area contributed by atoms with E-state index in [9.17, 15) is 4.79 Å². The van der Waals surface area contributed by atoms with Crippen LogP contribution in [0.15, 0.2) is 36.4 Å². The van der Waals surface area contributed by atoms with Crippen LogP contribution in [0.4, 0.5) is 5.69 Å². The summed E-state index contributed by atoms with van der Waals surface area (Å²) in [5.41, 5.74) is 0.433. The fourth-order valence-electron chi connectivity index (χ4n) is 1.82. The van der Waals surface area contributed by atoms with Crippen molar-refractivity contribution in [2.45, 2.75) is 0 Å². The molecular weight excluding hydrogens is 341 g/mol. The molecule has 23 heavy (non-hydrogen) atoms. The molecule has 7 heteroatoms. The van der Waals surface area contributed by atoms with Gasteiger partial charge in [-0.25, -0.2) is 0 Å². The average Bonchev–Trinajstić information content (AvgIpc) is 2.54. The van der Waals surface area contributed by atoms with Crippen molar-refractivity contribution < 1.29 is 19.0 Å². The zero-order valence-electron chi connectivity index (χ0n) is 12.6. The molecule has 0 heterocycles. The third-order valence-corrected chi connectivity index (χ3v) is 3.48. The minimum Gasteiger partial charge on any atom is -0.495 e. The van der Waals surface area contributed by atoms with E-state index >= 15 is 0 Å². The number of carbonyl (C=O) groups is 1. The van der Waals surface area contributed by atoms with E-state index in [0.717, 1.165) is 0 Å². The lowest BCUT2D eigenvalue weighted by Crippen LogP contribution is -2.20. The van der Waals surface area contributed by atoms with E-state index in [-0.39, 0.29) is 12.5 Å². The van der Waals surface area contributed by atoms with Gasteiger partial charge in [0.05, 0.1) is 24.9 Å². The third-order valence-electron chi connectivity index (χ3n) is 2.93. The summed E-state index contributed by atoms with van der Waals surface area (Å²) in [5, 5.41) is 3.64. The molecule has 0 aromatic heterocycles. The molecule has 0 fully saturated rings. The SMILES string of the molecule is COc1cc(OC)c(NC(=O)COc2ccc(Cl)cc2)cc1Cl. The van der Waals surface area contributed by atoms with E-state index in [1.807, 2.05) is 0 Å². The van der Waals surface area contributed by atoms with Gasteiger partial charge in [0.15, 0.2) is 6.61 Å². The highest BCUT2D eigenvalue weighted by molar-refractivity contribution is 6.32. The average molecular weight is 356 g/mol. The molecule has 2 rings (SSSR count). The van der Waals surface area contributed by atoms with Gasteiger partial charge >= 0.3 is 0 Å². The van der Waals surface area contributed by atoms with Crippen molar-refractivity contribution >= 4 is 34.8 Å². The topological polar surface area (TPSA) is 56.8 Å². The molecule has 0 aliphatic rings. The van der Waals surface area contributed by atoms with Gasteiger partial charge in [-0.2, -0.15) is 0 Å². The van der Waals surface area contributed by atoms with Gasteiger partial charge in [-0.15, -0.1) is 0 Å². The van der Waals surface area contributed by atoms with Crippen molar-refractivity contribution in [1.29, 1.82) is 0 Å². The van der Waals surface area contributed by atoms with Crippen LogP contribution in [-0.2, 0) is 4.79 Å². The van der Waals surface area contributed by atoms with Gasteiger partial charge in [-0.05, 0) is 30.3 Å². The van der Waals surface area contributed by atoms with Crippen molar-refractivity contribution in [1.82, 2.24) is 0 Å². The van der Waals surface area contributed by atoms with Crippen LogP contribution in [0, 0.1) is 0 Å². The van der Waals surface area contributed by atoms with Gasteiger partial charge in [0, 0.05) is 11.1 Å². The Morgan fingerprint density at radius 2 is 1.70 bits per heavy atom. The Morgan fingerprint density at radius 3 is 2.30 bits per heavy atom. The number of nitrogens with one attached hydrogen (secondary N) is 1. The number of hydrogen-bond donors (Lipinski definition) is 1. The molecule has 0 saturated carbocycles. The lowest BCUT2D eigenvalue weighted by molar-refractivity contribution is -0.118. The summed E-state index contributed by atoms with van der Waals surface area (Å²) in [6.45, 7) is -0.158. The second kappa shape index (κ2) is 7.94. The molecule has 0 aliphatic carbocycles. The minimum atomic E-state index is -0.348. The monoisotopic (exact) mass is 355 g/mol. The summed E-state index contributed by atoms with van der Waals surface area (Å²) in [6, 6.07) is 9.88. The van der Waals surface area contributed by atoms with Crippen LogP contribution in [0.1, 0.15) is 0 Å². The minimum absolute atomic E-state index is 0.158. The van der Waals surface area contributed by atoms with E-state index in [1.54, 1.807) is 36.4 Å². The Balaban J connectivity index is 2.02. The Labute approximate surface area is 144 Å². The summed E-state index contributed by atoms with van der Waals surface area (Å²) < 4.78 is 15.7. The molecule has 0 atom stereocenters. The molecule has 0 aliphatic heterocycles. The first-order valence-electron chi connectivity index (χ1n) is 6.63. The number of hydrogen-bond acceptors (Lipinski definition) is 4. The van der Waals surface area contributed by atoms with Gasteiger partial charge in [-0.3, -0.25) is 4.79 Å². The first-order valence-corrected chi connectivity index (χ1v) is 7.39. The van der Waals surface area contributed by atoms with Gasteiger partial charge in [0.25, 0.3) is 5.91 Å². The summed E-state index contributed by atoms with van der Waals surface area (Å²) in [5.74, 6) is 1.09. The fourth-order valence-corrected chi connectivity index (χ4v) is 2.19. The van der Waals surface area contributed by atoms with Crippen molar-refractivity contribution in [3.05, 3.63) is 46.4 Å². The lowest BCUT2D eigenvalue weighted by atomic mass is 10.2. The first kappa shape index (κ1) is 17.2. The molecule has 1 amide bonds. The zero-order chi connectivity index (χ0) is 16.8. The lowest BCUT2D eigenvalue weighted by Gasteiger charge is -2.13. The van der Waals surface area contributed by atoms with Crippen LogP contribution in [-0.4, -0.2) is 26.7 Å². The normalized spacial score (nSPS) is 10.1. The predicted octanol–water partition coefficient (Wildman–Crippen LogP) is 4.03. The van der Waals surface area contributed by atoms with Crippen molar-refractivity contribution in [3.63, 3.8) is 0 Å². The van der Waals surface area contributed by atoms with Crippen LogP contribution in [0.25, 0.3) is 0 Å². The predicted molar refractivity (Wildman–Crippen MR) is 90.1 cm³/mol. The molecule has 0 spiro atoms. The number of ether oxygens (including phenoxy) is 3. The summed E-state index contributed by atoms with van der Waals surface area (Å²) in [6.07, 6.45) is 0. The molecule has 5 nitrogen and oxygen atoms in total. The van der Waals surface area contributed by atoms with Crippen molar-refractivity contribution in [2.75, 3.05) is 26.1 Å². The van der Waals surface area contributed by atoms with E-state index in [4.69, 9.17) is 37.4 Å². The van der Waals surface area contributed by atoms with Crippen molar-refractivity contribution in [3.8, 4) is 17.2 Å². The molecule has 0 saturated heterocycles. The Bertz CT molecular complexity index is 689. The maximum atomic E-state index is 12.0. The second-order valence-corrected chi connectivity index (χ2v) is 5.32. The molecule has 2 aromatic rings. The van der Waals surface area contributed by atoms with Gasteiger partial charge in [-0.1, -0.05) is 23.2 Å². The summed E-state index contributed by atoms with van der Waals surface area (Å²) in [4.78, 5) is 12.0. The quantitative estimate of drug-likeness (QED) is 0.849. The maximum absolute atomic E-state index is 12.0. The van der Waals surface area contributed by atoms with E-state index < -0.39 is 0 Å². The number of benzene rings is 2. The Hall–Kier alpha value is -2.11. The highest BCUT2D eigenvalue weighted by Gasteiger charge is 2.13. The number of halogens is 2. The zero-order valence-corrected chi connectivity index (χ0v) is 14.1. The van der Waals surface area contributed by atoms with E-state index in [1.165, 1.54) is 14.2 Å². The summed E-state index contributed by atoms with van der Waals surface area (Å²) in [7, 11) is 2.99. The summed E-state index contributed by atoms with van der Waals surface area (Å²) >= 11 is 11.8. The van der Waals surface area contributed by atoms with Crippen LogP contribution < -0.4 is 19.5 Å². The number of rotatable bonds is 6. The highest BCUT2D eigenvalue weighted by Crippen LogP contribution is 2.35. The Morgan fingerprint density at radius 1 is 1.04 bits per heavy atom. The fraction of sp³-hybridized carbons (Fsp3) is 0.188. The van der Waals surface area contributed by atoms with E-state index in [2.05, 4.69) is 5.32 Å². The molecule has 0 unspecified atom stereocenters. The van der Waals surface area contributed by atoms with Crippen LogP contribution in [0.5, 0.6) is 17.2 Å². The number of carbonyl (C=O) groups excluding carboxylic acids is 1. The third kappa shape index (κ3) is 4.68. The van der Waals surface area contributed by atoms with Gasteiger partial charge < -0.3 is 19.5 Å². The molecule has 122 valence electrons. The molecular formula is C16H15Cl2NO4. The molecule has 1 N–H and O–H groups in total. The first-order chi connectivity index (χ1) is 11.0. The van der Waals surface area contributed by atoms with Crippen molar-refractivity contribution in [2.24, 2.45) is 0 Å². The highest BCUT2D eigenvalue weighted by atomic mass is 35.5. The molecule has 0 bridgehead atoms. The maximum Gasteiger partial charge on any atom is 0.262 e. The van der Waals surface area contributed by atoms with Crippen LogP contribution >= 0.6 is 23.2 Å². The van der Waals surface area contributed by atoms with E-state index in [0.29, 0.717) is 33.0 Å². The standard InChI is InChI=1S/C16H15Cl2NO4/c1-21-14-8-15(22-2)13(7-12(14)18)19-16(20)9-23-11-5-3-10(17)4-6-11/h3-8H,9H2,1-2H3,(H,19,20). The van der Waals surface area contributed by atoms with Gasteiger partial charge in [0.1, 0.15) is 17.2 Å². The largest absolute Gasteiger partial charge is 0.495 e. The Kier molecular flexibility index (Phi) is 5.96.